The molecule has 3 nitrogen and oxygen atoms in total. The summed E-state index contributed by atoms with van der Waals surface area (Å²) in [6, 6.07) is 8.05. The van der Waals surface area contributed by atoms with E-state index in [4.69, 9.17) is 0 Å². The van der Waals surface area contributed by atoms with Gasteiger partial charge in [-0.3, -0.25) is 4.79 Å². The van der Waals surface area contributed by atoms with Gasteiger partial charge in [0, 0.05) is 18.3 Å². The summed E-state index contributed by atoms with van der Waals surface area (Å²) in [5.74, 6) is 1.45. The van der Waals surface area contributed by atoms with E-state index in [2.05, 4.69) is 24.5 Å². The minimum Gasteiger partial charge on any atom is -0.385 e. The van der Waals surface area contributed by atoms with E-state index in [1.807, 2.05) is 31.2 Å². The van der Waals surface area contributed by atoms with Gasteiger partial charge in [0.1, 0.15) is 0 Å². The van der Waals surface area contributed by atoms with Gasteiger partial charge in [-0.1, -0.05) is 26.0 Å². The molecule has 2 atom stereocenters. The van der Waals surface area contributed by atoms with E-state index in [1.165, 1.54) is 6.42 Å². The molecule has 1 aromatic carbocycles. The lowest BCUT2D eigenvalue weighted by atomic mass is 9.80. The van der Waals surface area contributed by atoms with Crippen LogP contribution in [0, 0.1) is 11.8 Å². The van der Waals surface area contributed by atoms with Gasteiger partial charge in [0.15, 0.2) is 0 Å². The third kappa shape index (κ3) is 3.75. The molecule has 2 N–H and O–H groups in total. The molecule has 2 rings (SSSR count). The molecule has 1 aliphatic rings. The van der Waals surface area contributed by atoms with E-state index < -0.39 is 0 Å². The molecule has 0 spiro atoms. The highest BCUT2D eigenvalue weighted by Gasteiger charge is 2.25. The van der Waals surface area contributed by atoms with Crippen LogP contribution < -0.4 is 10.6 Å². The lowest BCUT2D eigenvalue weighted by molar-refractivity contribution is 0.0912. The van der Waals surface area contributed by atoms with Crippen molar-refractivity contribution >= 4 is 11.6 Å². The third-order valence-corrected chi connectivity index (χ3v) is 4.05. The first-order chi connectivity index (χ1) is 9.60. The second-order valence-electron chi connectivity index (χ2n) is 6.16. The lowest BCUT2D eigenvalue weighted by Gasteiger charge is -2.32. The second kappa shape index (κ2) is 6.78. The Bertz CT molecular complexity index is 448. The Morgan fingerprint density at radius 3 is 2.45 bits per heavy atom. The summed E-state index contributed by atoms with van der Waals surface area (Å²) in [6.45, 7) is 7.42. The quantitative estimate of drug-likeness (QED) is 0.879. The maximum Gasteiger partial charge on any atom is 0.253 e. The fourth-order valence-electron chi connectivity index (χ4n) is 3.35. The number of carbonyl (C=O) groups excluding carboxylic acids is 1. The fourth-order valence-corrected chi connectivity index (χ4v) is 3.35. The van der Waals surface area contributed by atoms with Crippen LogP contribution in [0.5, 0.6) is 0 Å². The number of benzene rings is 1. The monoisotopic (exact) mass is 274 g/mol. The Morgan fingerprint density at radius 2 is 1.80 bits per heavy atom. The van der Waals surface area contributed by atoms with Crippen molar-refractivity contribution in [3.05, 3.63) is 29.8 Å². The molecular weight excluding hydrogens is 248 g/mol. The highest BCUT2D eigenvalue weighted by atomic mass is 16.1. The van der Waals surface area contributed by atoms with E-state index >= 15 is 0 Å². The van der Waals surface area contributed by atoms with Crippen molar-refractivity contribution in [2.45, 2.75) is 46.1 Å². The molecule has 3 heteroatoms. The number of amides is 1. The predicted octanol–water partition coefficient (Wildman–Crippen LogP) is 3.67. The van der Waals surface area contributed by atoms with E-state index in [1.54, 1.807) is 0 Å². The van der Waals surface area contributed by atoms with Gasteiger partial charge in [-0.25, -0.2) is 0 Å². The van der Waals surface area contributed by atoms with Crippen LogP contribution in [0.15, 0.2) is 24.3 Å². The fraction of sp³-hybridized carbons (Fsp3) is 0.588. The van der Waals surface area contributed by atoms with Crippen LogP contribution >= 0.6 is 0 Å². The third-order valence-electron chi connectivity index (χ3n) is 4.05. The zero-order valence-corrected chi connectivity index (χ0v) is 12.8. The minimum atomic E-state index is 0.0489. The SMILES string of the molecule is CCNc1ccccc1C(=O)NC1CC(C)CC(C)C1. The van der Waals surface area contributed by atoms with Crippen molar-refractivity contribution in [3.63, 3.8) is 0 Å². The zero-order valence-electron chi connectivity index (χ0n) is 12.8. The molecular formula is C17H26N2O. The maximum atomic E-state index is 12.5. The van der Waals surface area contributed by atoms with Crippen molar-refractivity contribution in [1.82, 2.24) is 5.32 Å². The first-order valence-electron chi connectivity index (χ1n) is 7.74. The van der Waals surface area contributed by atoms with Gasteiger partial charge in [-0.2, -0.15) is 0 Å². The highest BCUT2D eigenvalue weighted by Crippen LogP contribution is 2.29. The molecule has 110 valence electrons. The van der Waals surface area contributed by atoms with Crippen LogP contribution in [0.4, 0.5) is 5.69 Å². The first kappa shape index (κ1) is 14.9. The van der Waals surface area contributed by atoms with Gasteiger partial charge < -0.3 is 10.6 Å². The van der Waals surface area contributed by atoms with Crippen molar-refractivity contribution < 1.29 is 4.79 Å². The van der Waals surface area contributed by atoms with E-state index in [0.29, 0.717) is 17.9 Å². The van der Waals surface area contributed by atoms with Gasteiger partial charge in [0.2, 0.25) is 0 Å². The molecule has 0 bridgehead atoms. The maximum absolute atomic E-state index is 12.5. The van der Waals surface area contributed by atoms with Crippen LogP contribution in [0.25, 0.3) is 0 Å². The summed E-state index contributed by atoms with van der Waals surface area (Å²) >= 11 is 0. The second-order valence-corrected chi connectivity index (χ2v) is 6.16. The molecule has 1 saturated carbocycles. The summed E-state index contributed by atoms with van der Waals surface area (Å²) in [7, 11) is 0. The van der Waals surface area contributed by atoms with Crippen molar-refractivity contribution in [2.75, 3.05) is 11.9 Å². The average Bonchev–Trinajstić information content (AvgIpc) is 2.38. The Balaban J connectivity index is 2.04. The first-order valence-corrected chi connectivity index (χ1v) is 7.74. The van der Waals surface area contributed by atoms with Crippen LogP contribution in [0.1, 0.15) is 50.4 Å². The minimum absolute atomic E-state index is 0.0489. The summed E-state index contributed by atoms with van der Waals surface area (Å²) in [5.41, 5.74) is 1.67. The molecule has 0 aliphatic heterocycles. The molecule has 1 amide bonds. The number of nitrogens with one attached hydrogen (secondary N) is 2. The molecule has 1 aromatic rings. The molecule has 1 fully saturated rings. The van der Waals surface area contributed by atoms with Crippen LogP contribution in [0.3, 0.4) is 0 Å². The van der Waals surface area contributed by atoms with Crippen molar-refractivity contribution in [3.8, 4) is 0 Å². The molecule has 0 radical (unpaired) electrons. The number of rotatable bonds is 4. The summed E-state index contributed by atoms with van der Waals surface area (Å²) in [5, 5.41) is 6.47. The van der Waals surface area contributed by atoms with Crippen molar-refractivity contribution in [1.29, 1.82) is 0 Å². The predicted molar refractivity (Wildman–Crippen MR) is 84.0 cm³/mol. The zero-order chi connectivity index (χ0) is 14.5. The van der Waals surface area contributed by atoms with Gasteiger partial charge in [0.25, 0.3) is 5.91 Å². The molecule has 0 aromatic heterocycles. The number of para-hydroxylation sites is 1. The van der Waals surface area contributed by atoms with Crippen LogP contribution in [-0.2, 0) is 0 Å². The molecule has 0 saturated heterocycles. The van der Waals surface area contributed by atoms with Crippen LogP contribution in [0.2, 0.25) is 0 Å². The average molecular weight is 274 g/mol. The Kier molecular flexibility index (Phi) is 5.05. The molecule has 2 unspecified atom stereocenters. The van der Waals surface area contributed by atoms with E-state index in [0.717, 1.165) is 30.6 Å². The Morgan fingerprint density at radius 1 is 1.15 bits per heavy atom. The lowest BCUT2D eigenvalue weighted by Crippen LogP contribution is -2.40. The van der Waals surface area contributed by atoms with Gasteiger partial charge in [-0.15, -0.1) is 0 Å². The smallest absolute Gasteiger partial charge is 0.253 e. The Labute approximate surface area is 122 Å². The number of carbonyl (C=O) groups is 1. The normalized spacial score (nSPS) is 26.1. The van der Waals surface area contributed by atoms with Gasteiger partial charge >= 0.3 is 0 Å². The largest absolute Gasteiger partial charge is 0.385 e. The molecule has 0 heterocycles. The standard InChI is InChI=1S/C17H26N2O/c1-4-18-16-8-6-5-7-15(16)17(20)19-14-10-12(2)9-13(3)11-14/h5-8,12-14,18H,4,9-11H2,1-3H3,(H,19,20). The highest BCUT2D eigenvalue weighted by molar-refractivity contribution is 5.99. The van der Waals surface area contributed by atoms with E-state index in [9.17, 15) is 4.79 Å². The Hall–Kier alpha value is -1.51. The number of hydrogen-bond acceptors (Lipinski definition) is 2. The van der Waals surface area contributed by atoms with Crippen molar-refractivity contribution in [2.24, 2.45) is 11.8 Å². The number of anilines is 1. The summed E-state index contributed by atoms with van der Waals surface area (Å²) in [6.07, 6.45) is 3.47. The topological polar surface area (TPSA) is 41.1 Å². The van der Waals surface area contributed by atoms with E-state index in [-0.39, 0.29) is 5.91 Å². The van der Waals surface area contributed by atoms with Crippen LogP contribution in [-0.4, -0.2) is 18.5 Å². The molecule has 20 heavy (non-hydrogen) atoms. The van der Waals surface area contributed by atoms with Gasteiger partial charge in [0.05, 0.1) is 5.56 Å². The summed E-state index contributed by atoms with van der Waals surface area (Å²) < 4.78 is 0. The molecule has 1 aliphatic carbocycles. The van der Waals surface area contributed by atoms with Gasteiger partial charge in [-0.05, 0) is 50.2 Å². The number of hydrogen-bond donors (Lipinski definition) is 2. The summed E-state index contributed by atoms with van der Waals surface area (Å²) in [4.78, 5) is 12.5.